The Balaban J connectivity index is 2.04. The van der Waals surface area contributed by atoms with Gasteiger partial charge in [0.1, 0.15) is 6.04 Å². The van der Waals surface area contributed by atoms with Gasteiger partial charge in [-0.1, -0.05) is 59.6 Å². The first kappa shape index (κ1) is 24.6. The fourth-order valence-electron chi connectivity index (χ4n) is 2.89. The highest BCUT2D eigenvalue weighted by atomic mass is 35.5. The molecular formula is C23H28Cl2N2O2S. The Labute approximate surface area is 193 Å². The highest BCUT2D eigenvalue weighted by Gasteiger charge is 2.26. The topological polar surface area (TPSA) is 49.4 Å². The molecule has 0 heterocycles. The highest BCUT2D eigenvalue weighted by Crippen LogP contribution is 2.24. The molecule has 2 aromatic carbocycles. The number of nitrogens with one attached hydrogen (secondary N) is 1. The molecule has 0 bridgehead atoms. The number of hydrogen-bond acceptors (Lipinski definition) is 3. The van der Waals surface area contributed by atoms with E-state index in [0.29, 0.717) is 22.2 Å². The monoisotopic (exact) mass is 466 g/mol. The lowest BCUT2D eigenvalue weighted by Crippen LogP contribution is -2.49. The molecule has 4 nitrogen and oxygen atoms in total. The van der Waals surface area contributed by atoms with Crippen LogP contribution >= 0.6 is 35.0 Å². The second-order valence-corrected chi connectivity index (χ2v) is 9.33. The molecule has 2 amide bonds. The van der Waals surface area contributed by atoms with Crippen molar-refractivity contribution in [2.45, 2.75) is 51.6 Å². The van der Waals surface area contributed by atoms with Crippen LogP contribution in [0.2, 0.25) is 10.0 Å². The lowest BCUT2D eigenvalue weighted by Gasteiger charge is -2.29. The van der Waals surface area contributed by atoms with E-state index in [2.05, 4.69) is 17.4 Å². The minimum Gasteiger partial charge on any atom is -0.352 e. The molecule has 0 saturated carbocycles. The van der Waals surface area contributed by atoms with Gasteiger partial charge in [0.2, 0.25) is 11.8 Å². The summed E-state index contributed by atoms with van der Waals surface area (Å²) >= 11 is 14.0. The smallest absolute Gasteiger partial charge is 0.242 e. The Morgan fingerprint density at radius 1 is 1.07 bits per heavy atom. The van der Waals surface area contributed by atoms with Crippen molar-refractivity contribution in [2.24, 2.45) is 0 Å². The van der Waals surface area contributed by atoms with Crippen LogP contribution in [0.4, 0.5) is 0 Å². The molecule has 0 aliphatic heterocycles. The zero-order valence-electron chi connectivity index (χ0n) is 17.5. The van der Waals surface area contributed by atoms with Crippen molar-refractivity contribution in [3.8, 4) is 0 Å². The first-order valence-electron chi connectivity index (χ1n) is 9.93. The van der Waals surface area contributed by atoms with Crippen molar-refractivity contribution in [3.05, 3.63) is 69.7 Å². The van der Waals surface area contributed by atoms with Gasteiger partial charge in [0.05, 0.1) is 0 Å². The summed E-state index contributed by atoms with van der Waals surface area (Å²) in [6.07, 6.45) is 0.349. The first-order valence-corrected chi connectivity index (χ1v) is 11.8. The summed E-state index contributed by atoms with van der Waals surface area (Å²) in [7, 11) is 0. The summed E-state index contributed by atoms with van der Waals surface area (Å²) in [6.45, 7) is 5.79. The number of rotatable bonds is 10. The summed E-state index contributed by atoms with van der Waals surface area (Å²) < 4.78 is 0. The first-order chi connectivity index (χ1) is 14.3. The Bertz CT molecular complexity index is 846. The maximum atomic E-state index is 13.0. The predicted molar refractivity (Wildman–Crippen MR) is 127 cm³/mol. The number of benzene rings is 2. The largest absolute Gasteiger partial charge is 0.352 e. The second-order valence-electron chi connectivity index (χ2n) is 7.38. The average molecular weight is 467 g/mol. The molecule has 0 fully saturated rings. The quantitative estimate of drug-likeness (QED) is 0.466. The van der Waals surface area contributed by atoms with Gasteiger partial charge < -0.3 is 10.2 Å². The van der Waals surface area contributed by atoms with Crippen LogP contribution in [0.15, 0.2) is 48.5 Å². The summed E-state index contributed by atoms with van der Waals surface area (Å²) in [5.41, 5.74) is 1.99. The molecule has 0 aromatic heterocycles. The summed E-state index contributed by atoms with van der Waals surface area (Å²) in [5, 5.41) is 3.90. The third-order valence-corrected chi connectivity index (χ3v) is 6.14. The van der Waals surface area contributed by atoms with Crippen molar-refractivity contribution in [3.63, 3.8) is 0 Å². The van der Waals surface area contributed by atoms with Crippen LogP contribution < -0.4 is 5.32 Å². The van der Waals surface area contributed by atoms with E-state index in [1.165, 1.54) is 5.56 Å². The Hall–Kier alpha value is -1.69. The van der Waals surface area contributed by atoms with Gasteiger partial charge >= 0.3 is 0 Å². The number of halogens is 2. The minimum atomic E-state index is -0.606. The van der Waals surface area contributed by atoms with Crippen LogP contribution in [-0.4, -0.2) is 34.6 Å². The molecule has 1 atom stereocenters. The maximum Gasteiger partial charge on any atom is 0.242 e. The van der Waals surface area contributed by atoms with Crippen LogP contribution in [0, 0.1) is 0 Å². The van der Waals surface area contributed by atoms with Gasteiger partial charge in [-0.15, -0.1) is 0 Å². The van der Waals surface area contributed by atoms with Crippen LogP contribution in [0.3, 0.4) is 0 Å². The molecular weight excluding hydrogens is 439 g/mol. The van der Waals surface area contributed by atoms with Gasteiger partial charge in [-0.2, -0.15) is 11.8 Å². The molecule has 2 aromatic rings. The molecule has 162 valence electrons. The number of thioether (sulfide) groups is 1. The summed E-state index contributed by atoms with van der Waals surface area (Å²) in [6, 6.07) is 14.7. The van der Waals surface area contributed by atoms with E-state index in [9.17, 15) is 9.59 Å². The van der Waals surface area contributed by atoms with Gasteiger partial charge in [0, 0.05) is 40.6 Å². The van der Waals surface area contributed by atoms with Crippen molar-refractivity contribution in [2.75, 3.05) is 5.75 Å². The zero-order valence-corrected chi connectivity index (χ0v) is 19.9. The van der Waals surface area contributed by atoms with Crippen LogP contribution in [-0.2, 0) is 21.9 Å². The number of nitrogens with zero attached hydrogens (tertiary/aromatic N) is 1. The number of carbonyl (C=O) groups is 2. The molecule has 1 N–H and O–H groups in total. The predicted octanol–water partition coefficient (Wildman–Crippen LogP) is 5.56. The SMILES string of the molecule is CC(C)NC(=O)[C@H](C)N(Cc1ccc(Cl)cc1Cl)C(=O)CCSCc1ccccc1. The lowest BCUT2D eigenvalue weighted by atomic mass is 10.1. The fraction of sp³-hybridized carbons (Fsp3) is 0.391. The third kappa shape index (κ3) is 7.86. The van der Waals surface area contributed by atoms with Crippen molar-refractivity contribution in [1.82, 2.24) is 10.2 Å². The molecule has 0 aliphatic carbocycles. The number of amides is 2. The van der Waals surface area contributed by atoms with Gasteiger partial charge in [-0.05, 0) is 44.0 Å². The van der Waals surface area contributed by atoms with Crippen LogP contribution in [0.5, 0.6) is 0 Å². The van der Waals surface area contributed by atoms with E-state index in [1.807, 2.05) is 32.0 Å². The molecule has 0 radical (unpaired) electrons. The zero-order chi connectivity index (χ0) is 22.1. The highest BCUT2D eigenvalue weighted by molar-refractivity contribution is 7.98. The van der Waals surface area contributed by atoms with E-state index in [4.69, 9.17) is 23.2 Å². The molecule has 0 unspecified atom stereocenters. The molecule has 30 heavy (non-hydrogen) atoms. The van der Waals surface area contributed by atoms with E-state index < -0.39 is 6.04 Å². The standard InChI is InChI=1S/C23H28Cl2N2O2S/c1-16(2)26-23(29)17(3)27(14-19-9-10-20(24)13-21(19)25)22(28)11-12-30-15-18-7-5-4-6-8-18/h4-10,13,16-17H,11-12,14-15H2,1-3H3,(H,26,29)/t17-/m0/s1. The summed E-state index contributed by atoms with van der Waals surface area (Å²) in [5.74, 6) is 1.27. The molecule has 0 aliphatic rings. The average Bonchev–Trinajstić information content (AvgIpc) is 2.70. The molecule has 2 rings (SSSR count). The van der Waals surface area contributed by atoms with Crippen molar-refractivity contribution >= 4 is 46.8 Å². The van der Waals surface area contributed by atoms with Crippen LogP contribution in [0.1, 0.15) is 38.3 Å². The normalized spacial score (nSPS) is 11.9. The van der Waals surface area contributed by atoms with E-state index in [1.54, 1.807) is 41.8 Å². The third-order valence-electron chi connectivity index (χ3n) is 4.53. The van der Waals surface area contributed by atoms with Gasteiger partial charge in [-0.25, -0.2) is 0 Å². The Kier molecular flexibility index (Phi) is 10.0. The lowest BCUT2D eigenvalue weighted by molar-refractivity contribution is -0.140. The number of carbonyl (C=O) groups excluding carboxylic acids is 2. The minimum absolute atomic E-state index is 0.00236. The molecule has 0 spiro atoms. The van der Waals surface area contributed by atoms with Crippen molar-refractivity contribution < 1.29 is 9.59 Å². The molecule has 0 saturated heterocycles. The van der Waals surface area contributed by atoms with Crippen LogP contribution in [0.25, 0.3) is 0 Å². The van der Waals surface area contributed by atoms with Gasteiger partial charge in [0.25, 0.3) is 0 Å². The Morgan fingerprint density at radius 2 is 1.77 bits per heavy atom. The van der Waals surface area contributed by atoms with E-state index in [0.717, 1.165) is 11.3 Å². The fourth-order valence-corrected chi connectivity index (χ4v) is 4.25. The maximum absolute atomic E-state index is 13.0. The van der Waals surface area contributed by atoms with Gasteiger partial charge in [-0.3, -0.25) is 9.59 Å². The summed E-state index contributed by atoms with van der Waals surface area (Å²) in [4.78, 5) is 27.2. The van der Waals surface area contributed by atoms with Gasteiger partial charge in [0.15, 0.2) is 0 Å². The van der Waals surface area contributed by atoms with Crippen molar-refractivity contribution in [1.29, 1.82) is 0 Å². The number of hydrogen-bond donors (Lipinski definition) is 1. The van der Waals surface area contributed by atoms with E-state index >= 15 is 0 Å². The molecule has 7 heteroatoms. The van der Waals surface area contributed by atoms with E-state index in [-0.39, 0.29) is 24.4 Å². The second kappa shape index (κ2) is 12.2. The Morgan fingerprint density at radius 3 is 2.40 bits per heavy atom.